The second kappa shape index (κ2) is 12.5. The zero-order chi connectivity index (χ0) is 30.9. The molecule has 0 bridgehead atoms. The maximum absolute atomic E-state index is 13.3. The van der Waals surface area contributed by atoms with Crippen molar-refractivity contribution in [1.82, 2.24) is 14.5 Å². The molecule has 2 aliphatic heterocycles. The molecule has 1 saturated carbocycles. The van der Waals surface area contributed by atoms with Crippen LogP contribution in [-0.2, 0) is 27.8 Å². The van der Waals surface area contributed by atoms with E-state index in [1.165, 1.54) is 9.21 Å². The van der Waals surface area contributed by atoms with Gasteiger partial charge in [-0.15, -0.1) is 0 Å². The van der Waals surface area contributed by atoms with Crippen LogP contribution < -0.4 is 11.1 Å². The van der Waals surface area contributed by atoms with Crippen molar-refractivity contribution in [2.24, 2.45) is 22.6 Å². The summed E-state index contributed by atoms with van der Waals surface area (Å²) in [4.78, 5) is 30.6. The Bertz CT molecular complexity index is 1290. The smallest absolute Gasteiger partial charge is 0.351 e. The number of hydrogen-bond acceptors (Lipinski definition) is 5. The summed E-state index contributed by atoms with van der Waals surface area (Å²) in [7, 11) is -1.95. The summed E-state index contributed by atoms with van der Waals surface area (Å²) in [6.45, 7) is 4.62. The van der Waals surface area contributed by atoms with Gasteiger partial charge >= 0.3 is 12.2 Å². The molecular weight excluding hydrogens is 571 g/mol. The molecule has 0 aromatic heterocycles. The minimum Gasteiger partial charge on any atom is -0.351 e. The van der Waals surface area contributed by atoms with E-state index in [2.05, 4.69) is 5.32 Å². The van der Waals surface area contributed by atoms with Gasteiger partial charge < -0.3 is 16.0 Å². The number of nitrogens with two attached hydrogens (primary N) is 1. The van der Waals surface area contributed by atoms with E-state index in [0.29, 0.717) is 57.3 Å². The van der Waals surface area contributed by atoms with Crippen molar-refractivity contribution in [3.05, 3.63) is 34.4 Å². The van der Waals surface area contributed by atoms with E-state index in [0.717, 1.165) is 22.3 Å². The van der Waals surface area contributed by atoms with Gasteiger partial charge in [0.15, 0.2) is 0 Å². The zero-order valence-corrected chi connectivity index (χ0v) is 25.4. The lowest BCUT2D eigenvalue weighted by atomic mass is 9.79. The van der Waals surface area contributed by atoms with Gasteiger partial charge in [-0.3, -0.25) is 9.79 Å². The summed E-state index contributed by atoms with van der Waals surface area (Å²) in [5.74, 6) is 0.410. The average molecular weight is 614 g/mol. The zero-order valence-electron chi connectivity index (χ0n) is 24.6. The molecule has 9 nitrogen and oxygen atoms in total. The standard InChI is InChI=1S/C29H42F3N5O4S/c1-19-16-22(18-36(3)27(33)39)17-20(2)24(19)9-15-42(40,41)37-13-11-28(12-14-37)26(38)34-25(35-28)23-6-4-21(5-7-23)8-10-29(30,31)32/h16-17,21,23H,4-15,18H2,1-3H3,(H2,33,39)(H,34,35,38). The molecule has 3 amide bonds. The minimum absolute atomic E-state index is 0.0197. The van der Waals surface area contributed by atoms with Gasteiger partial charge in [-0.2, -0.15) is 13.2 Å². The maximum atomic E-state index is 13.3. The Morgan fingerprint density at radius 3 is 2.29 bits per heavy atom. The topological polar surface area (TPSA) is 125 Å². The summed E-state index contributed by atoms with van der Waals surface area (Å²) in [6, 6.07) is 3.37. The Balaban J connectivity index is 1.31. The monoisotopic (exact) mass is 613 g/mol. The van der Waals surface area contributed by atoms with Crippen LogP contribution >= 0.6 is 0 Å². The second-order valence-corrected chi connectivity index (χ2v) is 14.3. The Morgan fingerprint density at radius 2 is 1.74 bits per heavy atom. The van der Waals surface area contributed by atoms with Crippen molar-refractivity contribution in [3.8, 4) is 0 Å². The van der Waals surface area contributed by atoms with Crippen LogP contribution in [0, 0.1) is 25.7 Å². The quantitative estimate of drug-likeness (QED) is 0.433. The number of carbonyl (C=O) groups excluding carboxylic acids is 2. The number of piperidine rings is 1. The molecule has 3 N–H and O–H groups in total. The van der Waals surface area contributed by atoms with Crippen molar-refractivity contribution in [1.29, 1.82) is 0 Å². The number of benzene rings is 1. The number of hydrogen-bond donors (Lipinski definition) is 2. The molecule has 13 heteroatoms. The third-order valence-corrected chi connectivity index (χ3v) is 11.0. The van der Waals surface area contributed by atoms with Gasteiger partial charge in [0.1, 0.15) is 11.4 Å². The molecule has 1 spiro atoms. The number of carbonyl (C=O) groups is 2. The molecule has 3 aliphatic rings. The highest BCUT2D eigenvalue weighted by Crippen LogP contribution is 2.38. The minimum atomic E-state index is -4.13. The van der Waals surface area contributed by atoms with E-state index in [1.54, 1.807) is 7.05 Å². The number of rotatable bonds is 9. The number of nitrogens with zero attached hydrogens (tertiary/aromatic N) is 3. The molecule has 42 heavy (non-hydrogen) atoms. The normalized spacial score (nSPS) is 23.1. The van der Waals surface area contributed by atoms with Crippen LogP contribution in [0.15, 0.2) is 17.1 Å². The van der Waals surface area contributed by atoms with Crippen molar-refractivity contribution in [3.63, 3.8) is 0 Å². The molecule has 1 aliphatic carbocycles. The van der Waals surface area contributed by atoms with E-state index < -0.39 is 34.2 Å². The summed E-state index contributed by atoms with van der Waals surface area (Å²) in [5, 5.41) is 2.92. The predicted octanol–water partition coefficient (Wildman–Crippen LogP) is 4.20. The highest BCUT2D eigenvalue weighted by molar-refractivity contribution is 7.89. The molecule has 2 fully saturated rings. The molecule has 1 saturated heterocycles. The molecule has 1 aromatic carbocycles. The van der Waals surface area contributed by atoms with Gasteiger partial charge in [-0.05, 0) is 93.4 Å². The molecule has 234 valence electrons. The van der Waals surface area contributed by atoms with Crippen LogP contribution in [-0.4, -0.2) is 73.0 Å². The van der Waals surface area contributed by atoms with Crippen molar-refractivity contribution < 1.29 is 31.2 Å². The van der Waals surface area contributed by atoms with Crippen molar-refractivity contribution in [2.45, 2.75) is 89.9 Å². The van der Waals surface area contributed by atoms with Gasteiger partial charge in [0.25, 0.3) is 5.91 Å². The van der Waals surface area contributed by atoms with Gasteiger partial charge in [-0.1, -0.05) is 12.1 Å². The Labute approximate surface area is 246 Å². The number of aliphatic imine (C=N–C) groups is 1. The van der Waals surface area contributed by atoms with Crippen molar-refractivity contribution in [2.75, 3.05) is 25.9 Å². The fraction of sp³-hybridized carbons (Fsp3) is 0.690. The third-order valence-electron chi connectivity index (χ3n) is 9.17. The van der Waals surface area contributed by atoms with Crippen LogP contribution in [0.1, 0.15) is 73.6 Å². The summed E-state index contributed by atoms with van der Waals surface area (Å²) < 4.78 is 65.7. The van der Waals surface area contributed by atoms with E-state index in [9.17, 15) is 31.2 Å². The Morgan fingerprint density at radius 1 is 1.14 bits per heavy atom. The summed E-state index contributed by atoms with van der Waals surface area (Å²) in [5.41, 5.74) is 8.13. The van der Waals surface area contributed by atoms with Crippen LogP contribution in [0.2, 0.25) is 0 Å². The van der Waals surface area contributed by atoms with E-state index >= 15 is 0 Å². The number of halogens is 3. The molecule has 2 heterocycles. The number of primary amides is 1. The number of sulfonamides is 1. The third kappa shape index (κ3) is 7.64. The van der Waals surface area contributed by atoms with Crippen LogP contribution in [0.25, 0.3) is 0 Å². The molecule has 0 atom stereocenters. The SMILES string of the molecule is Cc1cc(CN(C)C(N)=O)cc(C)c1CCS(=O)(=O)N1CCC2(CC1)N=C(C1CCC(CCC(F)(F)F)CC1)NC2=O. The number of nitrogens with one attached hydrogen (secondary N) is 1. The van der Waals surface area contributed by atoms with E-state index in [1.807, 2.05) is 26.0 Å². The Kier molecular flexibility index (Phi) is 9.61. The Hall–Kier alpha value is -2.67. The number of urea groups is 1. The first-order valence-corrected chi connectivity index (χ1v) is 16.2. The first kappa shape index (κ1) is 32.2. The molecule has 4 rings (SSSR count). The molecular formula is C29H42F3N5O4S. The van der Waals surface area contributed by atoms with Gasteiger partial charge in [0.05, 0.1) is 5.75 Å². The maximum Gasteiger partial charge on any atom is 0.389 e. The lowest BCUT2D eigenvalue weighted by Gasteiger charge is -2.35. The first-order chi connectivity index (χ1) is 19.6. The predicted molar refractivity (Wildman–Crippen MR) is 154 cm³/mol. The van der Waals surface area contributed by atoms with Crippen LogP contribution in [0.5, 0.6) is 0 Å². The van der Waals surface area contributed by atoms with Crippen LogP contribution in [0.4, 0.5) is 18.0 Å². The number of amides is 3. The first-order valence-electron chi connectivity index (χ1n) is 14.6. The lowest BCUT2D eigenvalue weighted by molar-refractivity contribution is -0.138. The largest absolute Gasteiger partial charge is 0.389 e. The van der Waals surface area contributed by atoms with Gasteiger partial charge in [-0.25, -0.2) is 17.5 Å². The fourth-order valence-electron chi connectivity index (χ4n) is 6.58. The van der Waals surface area contributed by atoms with Crippen molar-refractivity contribution >= 4 is 27.8 Å². The fourth-order valence-corrected chi connectivity index (χ4v) is 8.04. The number of aryl methyl sites for hydroxylation is 2. The van der Waals surface area contributed by atoms with E-state index in [-0.39, 0.29) is 43.0 Å². The molecule has 0 unspecified atom stereocenters. The molecule has 1 aromatic rings. The van der Waals surface area contributed by atoms with Crippen LogP contribution in [0.3, 0.4) is 0 Å². The summed E-state index contributed by atoms with van der Waals surface area (Å²) >= 11 is 0. The van der Waals surface area contributed by atoms with Gasteiger partial charge in [0.2, 0.25) is 10.0 Å². The highest BCUT2D eigenvalue weighted by Gasteiger charge is 2.48. The number of amidine groups is 1. The highest BCUT2D eigenvalue weighted by atomic mass is 32.2. The number of alkyl halides is 3. The molecule has 0 radical (unpaired) electrons. The van der Waals surface area contributed by atoms with Gasteiger partial charge in [0, 0.05) is 39.0 Å². The lowest BCUT2D eigenvalue weighted by Crippen LogP contribution is -2.51. The second-order valence-electron chi connectivity index (χ2n) is 12.2. The average Bonchev–Trinajstić information content (AvgIpc) is 3.22. The summed E-state index contributed by atoms with van der Waals surface area (Å²) in [6.07, 6.45) is -1.06. The van der Waals surface area contributed by atoms with E-state index in [4.69, 9.17) is 10.7 Å².